The van der Waals surface area contributed by atoms with Gasteiger partial charge in [-0.3, -0.25) is 9.69 Å². The van der Waals surface area contributed by atoms with Crippen LogP contribution in [0.1, 0.15) is 27.8 Å². The Morgan fingerprint density at radius 1 is 0.902 bits per heavy atom. The average Bonchev–Trinajstić information content (AvgIpc) is 3.16. The molecule has 2 heterocycles. The number of hydrogen-bond donors (Lipinski definition) is 1. The van der Waals surface area contributed by atoms with Crippen LogP contribution < -0.4 is 14.8 Å². The second-order valence-corrected chi connectivity index (χ2v) is 12.6. The third-order valence-corrected chi connectivity index (χ3v) is 8.78. The summed E-state index contributed by atoms with van der Waals surface area (Å²) in [4.78, 5) is 21.5. The van der Waals surface area contributed by atoms with Crippen molar-refractivity contribution in [2.75, 3.05) is 38.0 Å². The number of anilines is 1. The number of aromatic nitrogens is 1. The van der Waals surface area contributed by atoms with Gasteiger partial charge in [0.25, 0.3) is 0 Å². The predicted molar refractivity (Wildman–Crippen MR) is 197 cm³/mol. The molecule has 1 aliphatic heterocycles. The van der Waals surface area contributed by atoms with Gasteiger partial charge in [0.15, 0.2) is 0 Å². The highest BCUT2D eigenvalue weighted by Gasteiger charge is 2.19. The number of nitrogens with zero attached hydrogens (tertiary/aromatic N) is 4. The minimum atomic E-state index is -0.236. The molecule has 51 heavy (non-hydrogen) atoms. The van der Waals surface area contributed by atoms with Crippen LogP contribution in [0.4, 0.5) is 10.1 Å². The fraction of sp³-hybridized carbons (Fsp3) is 0.195. The van der Waals surface area contributed by atoms with Crippen molar-refractivity contribution in [1.29, 1.82) is 5.26 Å². The van der Waals surface area contributed by atoms with E-state index in [1.165, 1.54) is 23.3 Å². The van der Waals surface area contributed by atoms with Crippen molar-refractivity contribution >= 4 is 29.3 Å². The SMILES string of the molecule is N#Cc1ccc(COc2ccc(Oc3ccc(C=CC(=O)N4CCN(Cc5ccc(CCNc6ccc(F)cc6)cc5)CC4)cc3Cl)nc2)cc1. The Kier molecular flexibility index (Phi) is 11.9. The molecular formula is C41H37ClFN5O3. The largest absolute Gasteiger partial charge is 0.487 e. The predicted octanol–water partition coefficient (Wildman–Crippen LogP) is 8.13. The minimum absolute atomic E-state index is 0.0320. The number of rotatable bonds is 13. The quantitative estimate of drug-likeness (QED) is 0.124. The van der Waals surface area contributed by atoms with Crippen LogP contribution in [0, 0.1) is 17.1 Å². The Morgan fingerprint density at radius 2 is 1.63 bits per heavy atom. The number of hydrogen-bond acceptors (Lipinski definition) is 7. The van der Waals surface area contributed by atoms with Gasteiger partial charge in [-0.1, -0.05) is 54.1 Å². The molecular weight excluding hydrogens is 665 g/mol. The van der Waals surface area contributed by atoms with Gasteiger partial charge < -0.3 is 19.7 Å². The minimum Gasteiger partial charge on any atom is -0.487 e. The zero-order valence-electron chi connectivity index (χ0n) is 28.0. The first-order valence-corrected chi connectivity index (χ1v) is 17.1. The van der Waals surface area contributed by atoms with E-state index in [0.717, 1.165) is 49.4 Å². The van der Waals surface area contributed by atoms with Gasteiger partial charge in [0.05, 0.1) is 22.9 Å². The van der Waals surface area contributed by atoms with E-state index in [-0.39, 0.29) is 11.7 Å². The molecule has 1 saturated heterocycles. The lowest BCUT2D eigenvalue weighted by Crippen LogP contribution is -2.47. The number of benzene rings is 4. The standard InChI is InChI=1S/C41H37ClFN5O3/c42-38-25-31(9-16-39(38)51-40-17-15-37(27-46-40)50-29-34-7-3-32(26-44)4-8-34)10-18-41(49)48-23-21-47(22-24-48)28-33-5-1-30(2-6-33)19-20-45-36-13-11-35(43)12-14-36/h1-18,25,27,45H,19-24,28-29H2. The van der Waals surface area contributed by atoms with Crippen LogP contribution in [-0.4, -0.2) is 53.4 Å². The van der Waals surface area contributed by atoms with Gasteiger partial charge in [-0.25, -0.2) is 9.37 Å². The highest BCUT2D eigenvalue weighted by Crippen LogP contribution is 2.30. The lowest BCUT2D eigenvalue weighted by atomic mass is 10.1. The van der Waals surface area contributed by atoms with Crippen molar-refractivity contribution < 1.29 is 18.7 Å². The molecule has 1 N–H and O–H groups in total. The molecule has 6 rings (SSSR count). The molecule has 8 nitrogen and oxygen atoms in total. The number of carbonyl (C=O) groups excluding carboxylic acids is 1. The van der Waals surface area contributed by atoms with E-state index >= 15 is 0 Å². The monoisotopic (exact) mass is 701 g/mol. The molecule has 1 aliphatic rings. The summed E-state index contributed by atoms with van der Waals surface area (Å²) in [6, 6.07) is 33.2. The smallest absolute Gasteiger partial charge is 0.246 e. The van der Waals surface area contributed by atoms with Gasteiger partial charge in [0, 0.05) is 57.1 Å². The van der Waals surface area contributed by atoms with Gasteiger partial charge in [0.2, 0.25) is 11.8 Å². The van der Waals surface area contributed by atoms with Crippen molar-refractivity contribution in [2.45, 2.75) is 19.6 Å². The second-order valence-electron chi connectivity index (χ2n) is 12.2. The molecule has 0 atom stereocenters. The molecule has 0 radical (unpaired) electrons. The van der Waals surface area contributed by atoms with Crippen molar-refractivity contribution in [3.63, 3.8) is 0 Å². The molecule has 5 aromatic rings. The summed E-state index contributed by atoms with van der Waals surface area (Å²) in [7, 11) is 0. The van der Waals surface area contributed by atoms with Gasteiger partial charge in [-0.15, -0.1) is 0 Å². The van der Waals surface area contributed by atoms with Crippen LogP contribution in [-0.2, 0) is 24.4 Å². The summed E-state index contributed by atoms with van der Waals surface area (Å²) >= 11 is 6.51. The lowest BCUT2D eigenvalue weighted by molar-refractivity contribution is -0.127. The van der Waals surface area contributed by atoms with Gasteiger partial charge in [-0.05, 0) is 89.3 Å². The summed E-state index contributed by atoms with van der Waals surface area (Å²) in [6.45, 7) is 4.90. The zero-order chi connectivity index (χ0) is 35.4. The molecule has 258 valence electrons. The fourth-order valence-corrected chi connectivity index (χ4v) is 5.79. The Labute approximate surface area is 302 Å². The molecule has 1 fully saturated rings. The van der Waals surface area contributed by atoms with Crippen molar-refractivity contribution in [3.05, 3.63) is 154 Å². The topological polar surface area (TPSA) is 90.7 Å². The molecule has 1 amide bonds. The highest BCUT2D eigenvalue weighted by molar-refractivity contribution is 6.32. The van der Waals surface area contributed by atoms with Crippen LogP contribution in [0.2, 0.25) is 5.02 Å². The number of carbonyl (C=O) groups is 1. The maximum atomic E-state index is 13.1. The number of amides is 1. The fourth-order valence-electron chi connectivity index (χ4n) is 5.56. The van der Waals surface area contributed by atoms with Crippen LogP contribution in [0.25, 0.3) is 6.08 Å². The molecule has 0 saturated carbocycles. The number of halogens is 2. The summed E-state index contributed by atoms with van der Waals surface area (Å²) in [5.74, 6) is 1.13. The molecule has 0 aliphatic carbocycles. The third-order valence-electron chi connectivity index (χ3n) is 8.49. The van der Waals surface area contributed by atoms with E-state index in [1.807, 2.05) is 23.1 Å². The number of nitrogens with one attached hydrogen (secondary N) is 1. The van der Waals surface area contributed by atoms with E-state index in [2.05, 4.69) is 45.5 Å². The van der Waals surface area contributed by atoms with Gasteiger partial charge in [-0.2, -0.15) is 5.26 Å². The highest BCUT2D eigenvalue weighted by atomic mass is 35.5. The van der Waals surface area contributed by atoms with Crippen molar-refractivity contribution in [1.82, 2.24) is 14.8 Å². The van der Waals surface area contributed by atoms with Crippen LogP contribution in [0.3, 0.4) is 0 Å². The van der Waals surface area contributed by atoms with E-state index in [1.54, 1.807) is 66.9 Å². The Morgan fingerprint density at radius 3 is 2.31 bits per heavy atom. The normalized spacial score (nSPS) is 13.2. The molecule has 1 aromatic heterocycles. The average molecular weight is 702 g/mol. The van der Waals surface area contributed by atoms with Crippen LogP contribution >= 0.6 is 11.6 Å². The maximum absolute atomic E-state index is 13.1. The number of pyridine rings is 1. The summed E-state index contributed by atoms with van der Waals surface area (Å²) in [5.41, 5.74) is 5.73. The Hall–Kier alpha value is -5.69. The number of piperazine rings is 1. The number of nitriles is 1. The van der Waals surface area contributed by atoms with Gasteiger partial charge >= 0.3 is 0 Å². The zero-order valence-corrected chi connectivity index (χ0v) is 28.7. The number of ether oxygens (including phenoxy) is 2. The van der Waals surface area contributed by atoms with Crippen LogP contribution in [0.5, 0.6) is 17.4 Å². The Bertz CT molecular complexity index is 1970. The van der Waals surface area contributed by atoms with E-state index in [9.17, 15) is 9.18 Å². The second kappa shape index (κ2) is 17.3. The Balaban J connectivity index is 0.909. The first kappa shape index (κ1) is 35.1. The van der Waals surface area contributed by atoms with Crippen LogP contribution in [0.15, 0.2) is 115 Å². The van der Waals surface area contributed by atoms with E-state index in [4.69, 9.17) is 26.3 Å². The lowest BCUT2D eigenvalue weighted by Gasteiger charge is -2.34. The van der Waals surface area contributed by atoms with E-state index < -0.39 is 0 Å². The third kappa shape index (κ3) is 10.4. The maximum Gasteiger partial charge on any atom is 0.246 e. The molecule has 0 bridgehead atoms. The van der Waals surface area contributed by atoms with Crippen molar-refractivity contribution in [2.24, 2.45) is 0 Å². The van der Waals surface area contributed by atoms with Crippen molar-refractivity contribution in [3.8, 4) is 23.4 Å². The molecule has 0 spiro atoms. The van der Waals surface area contributed by atoms with E-state index in [0.29, 0.717) is 47.7 Å². The molecule has 0 unspecified atom stereocenters. The summed E-state index contributed by atoms with van der Waals surface area (Å²) in [5, 5.41) is 12.7. The molecule has 4 aromatic carbocycles. The van der Waals surface area contributed by atoms with Gasteiger partial charge in [0.1, 0.15) is 23.9 Å². The molecule has 10 heteroatoms. The summed E-state index contributed by atoms with van der Waals surface area (Å²) in [6.07, 6.45) is 5.80. The summed E-state index contributed by atoms with van der Waals surface area (Å²) < 4.78 is 24.7. The first-order valence-electron chi connectivity index (χ1n) is 16.7. The first-order chi connectivity index (χ1) is 24.9.